The van der Waals surface area contributed by atoms with Crippen molar-refractivity contribution in [2.45, 2.75) is 29.7 Å². The molecule has 1 N–H and O–H groups in total. The number of anilines is 2. The van der Waals surface area contributed by atoms with E-state index in [2.05, 4.69) is 25.1 Å². The Labute approximate surface area is 285 Å². The molecule has 1 fully saturated rings. The molecule has 0 bridgehead atoms. The summed E-state index contributed by atoms with van der Waals surface area (Å²) in [5.41, 5.74) is 0.912. The van der Waals surface area contributed by atoms with Crippen LogP contribution in [-0.2, 0) is 16.1 Å². The van der Waals surface area contributed by atoms with Crippen LogP contribution in [0.3, 0.4) is 0 Å². The molecule has 2 heterocycles. The lowest BCUT2D eigenvalue weighted by Gasteiger charge is -2.21. The van der Waals surface area contributed by atoms with Gasteiger partial charge in [-0.3, -0.25) is 9.69 Å². The van der Waals surface area contributed by atoms with Crippen LogP contribution in [0, 0.1) is 12.7 Å². The predicted octanol–water partition coefficient (Wildman–Crippen LogP) is 8.16. The highest BCUT2D eigenvalue weighted by molar-refractivity contribution is 8.19. The van der Waals surface area contributed by atoms with Gasteiger partial charge in [-0.1, -0.05) is 35.3 Å². The van der Waals surface area contributed by atoms with Crippen LogP contribution in [0.5, 0.6) is 5.75 Å². The molecule has 49 heavy (non-hydrogen) atoms. The number of halogens is 9. The fourth-order valence-corrected chi connectivity index (χ4v) is 5.68. The van der Waals surface area contributed by atoms with E-state index >= 15 is 4.39 Å². The zero-order valence-electron chi connectivity index (χ0n) is 24.4. The molecule has 0 atom stereocenters. The average molecular weight is 751 g/mol. The molecule has 0 saturated carbocycles. The number of rotatable bonds is 8. The van der Waals surface area contributed by atoms with Crippen molar-refractivity contribution in [1.82, 2.24) is 14.8 Å². The van der Waals surface area contributed by atoms with E-state index in [1.807, 2.05) is 0 Å². The van der Waals surface area contributed by atoms with Crippen LogP contribution < -0.4 is 15.0 Å². The van der Waals surface area contributed by atoms with Crippen LogP contribution >= 0.6 is 35.0 Å². The summed E-state index contributed by atoms with van der Waals surface area (Å²) in [6.45, 7) is -0.466. The maximum atomic E-state index is 15.1. The molecular formula is C29H19Cl2F7N6O4S. The van der Waals surface area contributed by atoms with Crippen LogP contribution in [0.15, 0.2) is 72.0 Å². The third-order valence-corrected chi connectivity index (χ3v) is 8.03. The molecule has 10 nitrogen and oxygen atoms in total. The first-order valence-electron chi connectivity index (χ1n) is 13.5. The fourth-order valence-electron chi connectivity index (χ4n) is 4.29. The van der Waals surface area contributed by atoms with Gasteiger partial charge in [-0.15, -0.1) is 18.3 Å². The van der Waals surface area contributed by atoms with E-state index in [4.69, 9.17) is 27.9 Å². The number of hydrogen-bond donors (Lipinski definition) is 1. The second-order valence-electron chi connectivity index (χ2n) is 10.1. The van der Waals surface area contributed by atoms with Gasteiger partial charge < -0.3 is 14.8 Å². The largest absolute Gasteiger partial charge is 0.573 e. The Morgan fingerprint density at radius 1 is 1.04 bits per heavy atom. The number of amidine groups is 1. The number of nitrogens with zero attached hydrogens (tertiary/aromatic N) is 5. The zero-order chi connectivity index (χ0) is 35.7. The van der Waals surface area contributed by atoms with E-state index < -0.39 is 52.9 Å². The van der Waals surface area contributed by atoms with E-state index in [1.54, 1.807) is 13.0 Å². The number of hydrogen-bond acceptors (Lipinski definition) is 7. The standard InChI is InChI=1S/C29H19Cl2F7N6O4S/c1-15-2-3-17(12-47-13-27(33,34)35)22(10-15)44-24(45)28(30,31)49-26(44)41-25(46)40-21-9-4-16(11-20(21)32)23-39-14-43(42-23)18-5-7-19(8-6-18)48-29(36,37)38/h2-11,14H,12-13H2,1H3,(H,40,46)/b41-26-. The minimum atomic E-state index is -4.86. The molecular weight excluding hydrogens is 732 g/mol. The van der Waals surface area contributed by atoms with Crippen molar-refractivity contribution in [2.24, 2.45) is 4.99 Å². The van der Waals surface area contributed by atoms with Crippen molar-refractivity contribution in [3.05, 3.63) is 83.9 Å². The van der Waals surface area contributed by atoms with E-state index in [1.165, 1.54) is 47.4 Å². The molecule has 1 aliphatic rings. The Hall–Kier alpha value is -4.39. The number of alkyl halides is 8. The minimum Gasteiger partial charge on any atom is -0.406 e. The van der Waals surface area contributed by atoms with Gasteiger partial charge in [-0.2, -0.15) is 18.2 Å². The summed E-state index contributed by atoms with van der Waals surface area (Å²) in [6, 6.07) is 11.6. The second-order valence-corrected chi connectivity index (χ2v) is 13.0. The Balaban J connectivity index is 1.33. The molecule has 1 aromatic heterocycles. The van der Waals surface area contributed by atoms with Crippen molar-refractivity contribution in [3.8, 4) is 22.8 Å². The first-order valence-corrected chi connectivity index (χ1v) is 15.1. The third-order valence-electron chi connectivity index (χ3n) is 6.36. The number of aliphatic imine (C=N–C) groups is 1. The number of ether oxygens (including phenoxy) is 2. The van der Waals surface area contributed by atoms with Crippen molar-refractivity contribution in [2.75, 3.05) is 16.8 Å². The maximum absolute atomic E-state index is 15.1. The van der Waals surface area contributed by atoms with Gasteiger partial charge in [0.1, 0.15) is 24.5 Å². The van der Waals surface area contributed by atoms with E-state index in [-0.39, 0.29) is 33.5 Å². The molecule has 0 spiro atoms. The normalized spacial score (nSPS) is 15.6. The Kier molecular flexibility index (Phi) is 10.1. The van der Waals surface area contributed by atoms with Gasteiger partial charge in [-0.25, -0.2) is 18.9 Å². The molecule has 0 radical (unpaired) electrons. The zero-order valence-corrected chi connectivity index (χ0v) is 26.8. The van der Waals surface area contributed by atoms with Crippen LogP contribution in [0.25, 0.3) is 17.1 Å². The number of amides is 3. The van der Waals surface area contributed by atoms with Crippen LogP contribution in [0.2, 0.25) is 0 Å². The topological polar surface area (TPSA) is 111 Å². The van der Waals surface area contributed by atoms with E-state index in [0.717, 1.165) is 23.1 Å². The number of aryl methyl sites for hydroxylation is 1. The van der Waals surface area contributed by atoms with Gasteiger partial charge >= 0.3 is 18.6 Å². The number of urea groups is 1. The van der Waals surface area contributed by atoms with Crippen LogP contribution in [0.4, 0.5) is 46.9 Å². The summed E-state index contributed by atoms with van der Waals surface area (Å²) in [7, 11) is 0. The number of nitrogens with one attached hydrogen (secondary N) is 1. The summed E-state index contributed by atoms with van der Waals surface area (Å²) < 4.78 is 98.0. The third kappa shape index (κ3) is 9.00. The maximum Gasteiger partial charge on any atom is 0.573 e. The lowest BCUT2D eigenvalue weighted by Crippen LogP contribution is -2.35. The fraction of sp³-hybridized carbons (Fsp3) is 0.207. The molecule has 20 heteroatoms. The van der Waals surface area contributed by atoms with E-state index in [9.17, 15) is 35.9 Å². The molecule has 4 aromatic rings. The highest BCUT2D eigenvalue weighted by Crippen LogP contribution is 2.47. The molecule has 1 aliphatic heterocycles. The number of carbonyl (C=O) groups excluding carboxylic acids is 2. The minimum absolute atomic E-state index is 0.0162. The molecule has 3 aromatic carbocycles. The molecule has 3 amide bonds. The number of thioether (sulfide) groups is 1. The predicted molar refractivity (Wildman–Crippen MR) is 166 cm³/mol. The molecule has 5 rings (SSSR count). The average Bonchev–Trinajstić information content (AvgIpc) is 3.56. The van der Waals surface area contributed by atoms with Crippen molar-refractivity contribution >= 4 is 63.4 Å². The smallest absolute Gasteiger partial charge is 0.406 e. The lowest BCUT2D eigenvalue weighted by atomic mass is 10.1. The molecule has 1 saturated heterocycles. The first kappa shape index (κ1) is 35.9. The van der Waals surface area contributed by atoms with Gasteiger partial charge in [0.25, 0.3) is 5.91 Å². The second kappa shape index (κ2) is 13.9. The molecule has 258 valence electrons. The van der Waals surface area contributed by atoms with Crippen LogP contribution in [0.1, 0.15) is 11.1 Å². The highest BCUT2D eigenvalue weighted by atomic mass is 35.5. The molecule has 0 unspecified atom stereocenters. The van der Waals surface area contributed by atoms with Crippen molar-refractivity contribution in [3.63, 3.8) is 0 Å². The number of carbonyl (C=O) groups is 2. The SMILES string of the molecule is Cc1ccc(COCC(F)(F)F)c(N2C(=O)C(Cl)(Cl)S/C2=N\C(=O)Nc2ccc(-c3ncn(-c4ccc(OC(F)(F)F)cc4)n3)cc2F)c1. The van der Waals surface area contributed by atoms with E-state index in [0.29, 0.717) is 23.0 Å². The number of aromatic nitrogens is 3. The van der Waals surface area contributed by atoms with Gasteiger partial charge in [0, 0.05) is 11.1 Å². The van der Waals surface area contributed by atoms with Gasteiger partial charge in [0.2, 0.25) is 3.67 Å². The summed E-state index contributed by atoms with van der Waals surface area (Å²) in [5.74, 6) is -2.29. The number of benzene rings is 3. The van der Waals surface area contributed by atoms with Crippen molar-refractivity contribution in [1.29, 1.82) is 0 Å². The highest BCUT2D eigenvalue weighted by Gasteiger charge is 2.51. The lowest BCUT2D eigenvalue weighted by molar-refractivity contribution is -0.274. The Morgan fingerprint density at radius 2 is 1.76 bits per heavy atom. The summed E-state index contributed by atoms with van der Waals surface area (Å²) >= 11 is 12.8. The van der Waals surface area contributed by atoms with Gasteiger partial charge in [0.15, 0.2) is 11.0 Å². The van der Waals surface area contributed by atoms with Gasteiger partial charge in [0.05, 0.1) is 23.7 Å². The summed E-state index contributed by atoms with van der Waals surface area (Å²) in [6.07, 6.45) is -8.21. The van der Waals surface area contributed by atoms with Crippen molar-refractivity contribution < 1.29 is 49.8 Å². The molecule has 0 aliphatic carbocycles. The Bertz CT molecular complexity index is 1920. The Morgan fingerprint density at radius 3 is 2.41 bits per heavy atom. The summed E-state index contributed by atoms with van der Waals surface area (Å²) in [4.78, 5) is 34.8. The first-order chi connectivity index (χ1) is 22.9. The van der Waals surface area contributed by atoms with Gasteiger partial charge in [-0.05, 0) is 72.8 Å². The summed E-state index contributed by atoms with van der Waals surface area (Å²) in [5, 5.41) is 6.08. The van der Waals surface area contributed by atoms with Crippen LogP contribution in [-0.4, -0.2) is 54.7 Å². The monoisotopic (exact) mass is 750 g/mol. The quantitative estimate of drug-likeness (QED) is 0.143.